The van der Waals surface area contributed by atoms with Gasteiger partial charge in [-0.15, -0.1) is 0 Å². The molecule has 0 radical (unpaired) electrons. The lowest BCUT2D eigenvalue weighted by molar-refractivity contribution is 0.210. The van der Waals surface area contributed by atoms with E-state index in [0.29, 0.717) is 23.7 Å². The van der Waals surface area contributed by atoms with Gasteiger partial charge in [-0.05, 0) is 68.6 Å². The molecule has 0 aliphatic carbocycles. The Balaban J connectivity index is 1.31. The molecule has 0 atom stereocenters. The molecule has 1 saturated heterocycles. The molecule has 2 aromatic heterocycles. The maximum Gasteiger partial charge on any atom is 0.258 e. The maximum atomic E-state index is 14.0. The lowest BCUT2D eigenvalue weighted by atomic mass is 9.89. The summed E-state index contributed by atoms with van der Waals surface area (Å²) in [4.78, 5) is 25.7. The van der Waals surface area contributed by atoms with Crippen LogP contribution < -0.4 is 11.3 Å². The molecule has 4 rings (SSSR count). The Hall–Kier alpha value is -3.31. The zero-order valence-corrected chi connectivity index (χ0v) is 16.6. The first-order valence-electron chi connectivity index (χ1n) is 10.1. The van der Waals surface area contributed by atoms with Crippen LogP contribution in [0.4, 0.5) is 10.2 Å². The molecule has 0 spiro atoms. The average molecular weight is 406 g/mol. The van der Waals surface area contributed by atoms with Gasteiger partial charge in [-0.25, -0.2) is 14.4 Å². The number of aromatic nitrogens is 3. The zero-order chi connectivity index (χ0) is 21.1. The number of benzene rings is 1. The number of nitrogens with zero attached hydrogens (tertiary/aromatic N) is 4. The van der Waals surface area contributed by atoms with Crippen molar-refractivity contribution in [3.8, 4) is 6.07 Å². The summed E-state index contributed by atoms with van der Waals surface area (Å²) < 4.78 is 14.0. The Morgan fingerprint density at radius 3 is 2.90 bits per heavy atom. The fourth-order valence-electron chi connectivity index (χ4n) is 4.06. The molecule has 1 aliphatic heterocycles. The largest absolute Gasteiger partial charge is 0.383 e. The summed E-state index contributed by atoms with van der Waals surface area (Å²) in [6.45, 7) is 2.79. The first kappa shape index (κ1) is 20.0. The van der Waals surface area contributed by atoms with Crippen LogP contribution in [0.3, 0.4) is 0 Å². The van der Waals surface area contributed by atoms with Crippen molar-refractivity contribution in [2.75, 3.05) is 25.4 Å². The molecule has 1 fully saturated rings. The molecule has 1 aliphatic rings. The highest BCUT2D eigenvalue weighted by atomic mass is 19.1. The molecule has 3 N–H and O–H groups in total. The number of para-hydroxylation sites is 1. The fourth-order valence-corrected chi connectivity index (χ4v) is 4.06. The number of nitrogens with two attached hydrogens (primary N) is 1. The number of rotatable bonds is 5. The Kier molecular flexibility index (Phi) is 5.72. The van der Waals surface area contributed by atoms with E-state index in [4.69, 9.17) is 11.0 Å². The van der Waals surface area contributed by atoms with Crippen molar-refractivity contribution in [3.05, 3.63) is 63.6 Å². The number of hydrogen-bond donors (Lipinski definition) is 2. The lowest BCUT2D eigenvalue weighted by Gasteiger charge is -2.32. The van der Waals surface area contributed by atoms with Crippen molar-refractivity contribution >= 4 is 16.7 Å². The third-order valence-electron chi connectivity index (χ3n) is 5.74. The van der Waals surface area contributed by atoms with Gasteiger partial charge in [-0.2, -0.15) is 5.26 Å². The first-order chi connectivity index (χ1) is 14.5. The lowest BCUT2D eigenvalue weighted by Crippen LogP contribution is -2.34. The van der Waals surface area contributed by atoms with Gasteiger partial charge in [0.15, 0.2) is 0 Å². The Morgan fingerprint density at radius 2 is 2.13 bits per heavy atom. The maximum absolute atomic E-state index is 14.0. The summed E-state index contributed by atoms with van der Waals surface area (Å²) in [5.74, 6) is 0.699. The molecule has 0 bridgehead atoms. The SMILES string of the molecule is N#Cc1cc(C2CCN(CCCc3nc4c(F)cccc4c(=O)[nH]3)CC2)cnc1N. The van der Waals surface area contributed by atoms with Gasteiger partial charge in [-0.1, -0.05) is 6.07 Å². The van der Waals surface area contributed by atoms with E-state index in [1.807, 2.05) is 6.07 Å². The van der Waals surface area contributed by atoms with E-state index in [9.17, 15) is 9.18 Å². The van der Waals surface area contributed by atoms with Gasteiger partial charge < -0.3 is 15.6 Å². The quantitative estimate of drug-likeness (QED) is 0.674. The topological polar surface area (TPSA) is 112 Å². The molecule has 1 aromatic carbocycles. The van der Waals surface area contributed by atoms with Crippen molar-refractivity contribution in [2.24, 2.45) is 0 Å². The molecule has 7 nitrogen and oxygen atoms in total. The number of aromatic amines is 1. The number of hydrogen-bond acceptors (Lipinski definition) is 6. The van der Waals surface area contributed by atoms with Gasteiger partial charge in [0, 0.05) is 12.6 Å². The number of nitrogens with one attached hydrogen (secondary N) is 1. The van der Waals surface area contributed by atoms with Gasteiger partial charge in [0.05, 0.1) is 10.9 Å². The van der Waals surface area contributed by atoms with Gasteiger partial charge in [-0.3, -0.25) is 4.79 Å². The fraction of sp³-hybridized carbons (Fsp3) is 0.364. The predicted octanol–water partition coefficient (Wildman–Crippen LogP) is 2.72. The zero-order valence-electron chi connectivity index (χ0n) is 16.6. The standard InChI is InChI=1S/C22H23FN6O/c23-18-4-1-3-17-20(18)27-19(28-22(17)30)5-2-8-29-9-6-14(7-10-29)16-11-15(12-24)21(25)26-13-16/h1,3-4,11,13-14H,2,5-10H2,(H2,25,26)(H,27,28,30). The third-order valence-corrected chi connectivity index (χ3v) is 5.74. The highest BCUT2D eigenvalue weighted by molar-refractivity contribution is 5.77. The van der Waals surface area contributed by atoms with E-state index in [-0.39, 0.29) is 22.3 Å². The summed E-state index contributed by atoms with van der Waals surface area (Å²) in [5, 5.41) is 9.41. The predicted molar refractivity (Wildman–Crippen MR) is 112 cm³/mol. The number of fused-ring (bicyclic) bond motifs is 1. The molecule has 154 valence electrons. The van der Waals surface area contributed by atoms with E-state index in [2.05, 4.69) is 25.9 Å². The van der Waals surface area contributed by atoms with Gasteiger partial charge in [0.25, 0.3) is 5.56 Å². The third kappa shape index (κ3) is 4.16. The van der Waals surface area contributed by atoms with Crippen LogP contribution in [0.25, 0.3) is 10.9 Å². The number of piperidine rings is 1. The molecule has 3 aromatic rings. The van der Waals surface area contributed by atoms with Crippen LogP contribution in [0.15, 0.2) is 35.3 Å². The van der Waals surface area contributed by atoms with Crippen molar-refractivity contribution in [2.45, 2.75) is 31.6 Å². The van der Waals surface area contributed by atoms with Crippen LogP contribution in [0.2, 0.25) is 0 Å². The molecule has 0 amide bonds. The summed E-state index contributed by atoms with van der Waals surface area (Å²) in [6, 6.07) is 8.35. The number of nitriles is 1. The average Bonchev–Trinajstić information content (AvgIpc) is 2.75. The summed E-state index contributed by atoms with van der Waals surface area (Å²) in [5.41, 5.74) is 7.04. The number of pyridine rings is 1. The Labute approximate surface area is 173 Å². The van der Waals surface area contributed by atoms with Crippen LogP contribution in [-0.4, -0.2) is 39.5 Å². The van der Waals surface area contributed by atoms with Gasteiger partial charge in [0.1, 0.15) is 29.0 Å². The van der Waals surface area contributed by atoms with Crippen LogP contribution >= 0.6 is 0 Å². The van der Waals surface area contributed by atoms with Crippen LogP contribution in [0, 0.1) is 17.1 Å². The number of H-pyrrole nitrogens is 1. The molecule has 8 heteroatoms. The molecular formula is C22H23FN6O. The Morgan fingerprint density at radius 1 is 1.33 bits per heavy atom. The minimum atomic E-state index is -0.473. The normalized spacial score (nSPS) is 15.3. The van der Waals surface area contributed by atoms with E-state index in [1.54, 1.807) is 12.3 Å². The van der Waals surface area contributed by atoms with Crippen molar-refractivity contribution < 1.29 is 4.39 Å². The van der Waals surface area contributed by atoms with Gasteiger partial charge in [0.2, 0.25) is 0 Å². The number of likely N-dealkylation sites (tertiary alicyclic amines) is 1. The van der Waals surface area contributed by atoms with Crippen molar-refractivity contribution in [1.82, 2.24) is 19.9 Å². The highest BCUT2D eigenvalue weighted by Crippen LogP contribution is 2.29. The van der Waals surface area contributed by atoms with E-state index in [1.165, 1.54) is 12.1 Å². The monoisotopic (exact) mass is 406 g/mol. The Bertz CT molecular complexity index is 1160. The highest BCUT2D eigenvalue weighted by Gasteiger charge is 2.21. The second-order valence-electron chi connectivity index (χ2n) is 7.68. The minimum Gasteiger partial charge on any atom is -0.383 e. The second-order valence-corrected chi connectivity index (χ2v) is 7.68. The van der Waals surface area contributed by atoms with Crippen LogP contribution in [-0.2, 0) is 6.42 Å². The van der Waals surface area contributed by atoms with Crippen molar-refractivity contribution in [1.29, 1.82) is 5.26 Å². The molecular weight excluding hydrogens is 383 g/mol. The first-order valence-corrected chi connectivity index (χ1v) is 10.1. The molecule has 0 saturated carbocycles. The van der Waals surface area contributed by atoms with E-state index < -0.39 is 5.82 Å². The smallest absolute Gasteiger partial charge is 0.258 e. The molecule has 0 unspecified atom stereocenters. The number of nitrogen functional groups attached to an aromatic ring is 1. The second kappa shape index (κ2) is 8.59. The minimum absolute atomic E-state index is 0.130. The summed E-state index contributed by atoms with van der Waals surface area (Å²) in [6.07, 6.45) is 5.18. The molecule has 30 heavy (non-hydrogen) atoms. The number of aryl methyl sites for hydroxylation is 1. The van der Waals surface area contributed by atoms with E-state index >= 15 is 0 Å². The number of halogens is 1. The van der Waals surface area contributed by atoms with E-state index in [0.717, 1.165) is 44.5 Å². The summed E-state index contributed by atoms with van der Waals surface area (Å²) in [7, 11) is 0. The summed E-state index contributed by atoms with van der Waals surface area (Å²) >= 11 is 0. The molecule has 3 heterocycles. The van der Waals surface area contributed by atoms with Crippen LogP contribution in [0.1, 0.15) is 42.1 Å². The number of anilines is 1. The van der Waals surface area contributed by atoms with Gasteiger partial charge >= 0.3 is 0 Å². The van der Waals surface area contributed by atoms with Crippen molar-refractivity contribution in [3.63, 3.8) is 0 Å². The van der Waals surface area contributed by atoms with Crippen LogP contribution in [0.5, 0.6) is 0 Å².